The van der Waals surface area contributed by atoms with Crippen LogP contribution in [0.1, 0.15) is 40.2 Å². The number of nitrogens with zero attached hydrogens (tertiary/aromatic N) is 3. The molecule has 2 aromatic heterocycles. The van der Waals surface area contributed by atoms with E-state index in [2.05, 4.69) is 20.7 Å². The number of hydrogen-bond acceptors (Lipinski definition) is 4. The molecule has 2 N–H and O–H groups in total. The molecule has 2 amide bonds. The third-order valence-electron chi connectivity index (χ3n) is 5.57. The van der Waals surface area contributed by atoms with Gasteiger partial charge in [0.15, 0.2) is 5.69 Å². The van der Waals surface area contributed by atoms with Crippen molar-refractivity contribution in [1.29, 1.82) is 0 Å². The number of benzene rings is 2. The number of alkyl halides is 3. The molecule has 1 unspecified atom stereocenters. The summed E-state index contributed by atoms with van der Waals surface area (Å²) in [4.78, 5) is 29.1. The largest absolute Gasteiger partial charge is 0.435 e. The maximum Gasteiger partial charge on any atom is 0.435 e. The average Bonchev–Trinajstić information content (AvgIpc) is 3.32. The molecule has 2 heterocycles. The Morgan fingerprint density at radius 1 is 1.03 bits per heavy atom. The number of rotatable bonds is 7. The molecule has 37 heavy (non-hydrogen) atoms. The average molecular weight is 528 g/mol. The minimum absolute atomic E-state index is 0.137. The molecule has 190 valence electrons. The molecule has 0 saturated carbocycles. The highest BCUT2D eigenvalue weighted by Crippen LogP contribution is 2.30. The summed E-state index contributed by atoms with van der Waals surface area (Å²) in [6.45, 7) is 1.47. The minimum Gasteiger partial charge on any atom is -0.350 e. The van der Waals surface area contributed by atoms with Gasteiger partial charge in [0.25, 0.3) is 5.91 Å². The van der Waals surface area contributed by atoms with Crippen LogP contribution in [0.5, 0.6) is 0 Å². The van der Waals surface area contributed by atoms with Crippen LogP contribution in [0, 0.1) is 0 Å². The van der Waals surface area contributed by atoms with Crippen LogP contribution in [-0.4, -0.2) is 26.6 Å². The quantitative estimate of drug-likeness (QED) is 0.327. The highest BCUT2D eigenvalue weighted by atomic mass is 35.5. The van der Waals surface area contributed by atoms with E-state index in [0.717, 1.165) is 10.7 Å². The molecule has 0 saturated heterocycles. The highest BCUT2D eigenvalue weighted by Gasteiger charge is 2.35. The maximum absolute atomic E-state index is 13.3. The van der Waals surface area contributed by atoms with Gasteiger partial charge < -0.3 is 10.6 Å². The molecule has 0 aliphatic carbocycles. The molecule has 4 rings (SSSR count). The monoisotopic (exact) mass is 527 g/mol. The minimum atomic E-state index is -4.65. The fraction of sp³-hybridized carbons (Fsp3) is 0.154. The van der Waals surface area contributed by atoms with Gasteiger partial charge in [-0.3, -0.25) is 14.6 Å². The number of amides is 2. The van der Waals surface area contributed by atoms with Crippen molar-refractivity contribution in [2.75, 3.05) is 5.32 Å². The zero-order chi connectivity index (χ0) is 26.6. The Hall–Kier alpha value is -4.18. The zero-order valence-electron chi connectivity index (χ0n) is 19.5. The first-order valence-corrected chi connectivity index (χ1v) is 11.5. The molecule has 7 nitrogen and oxygen atoms in total. The fourth-order valence-corrected chi connectivity index (χ4v) is 3.74. The van der Waals surface area contributed by atoms with Crippen LogP contribution in [-0.2, 0) is 17.5 Å². The normalized spacial score (nSPS) is 12.1. The molecular formula is C26H21ClF3N5O2. The summed E-state index contributed by atoms with van der Waals surface area (Å²) >= 11 is 5.99. The molecule has 11 heteroatoms. The van der Waals surface area contributed by atoms with Gasteiger partial charge in [0.2, 0.25) is 5.91 Å². The Bertz CT molecular complexity index is 1410. The molecule has 0 bridgehead atoms. The van der Waals surface area contributed by atoms with Crippen molar-refractivity contribution < 1.29 is 22.8 Å². The smallest absolute Gasteiger partial charge is 0.350 e. The second-order valence-electron chi connectivity index (χ2n) is 8.16. The van der Waals surface area contributed by atoms with E-state index in [1.807, 2.05) is 0 Å². The van der Waals surface area contributed by atoms with Crippen LogP contribution in [0.4, 0.5) is 18.9 Å². The van der Waals surface area contributed by atoms with Gasteiger partial charge in [0, 0.05) is 28.7 Å². The van der Waals surface area contributed by atoms with Crippen LogP contribution in [0.15, 0.2) is 79.1 Å². The lowest BCUT2D eigenvalue weighted by Crippen LogP contribution is -2.28. The molecule has 0 spiro atoms. The van der Waals surface area contributed by atoms with Crippen LogP contribution >= 0.6 is 11.6 Å². The summed E-state index contributed by atoms with van der Waals surface area (Å²) in [5.41, 5.74) is 1.03. The Kier molecular flexibility index (Phi) is 7.58. The second kappa shape index (κ2) is 10.8. The Morgan fingerprint density at radius 2 is 1.73 bits per heavy atom. The van der Waals surface area contributed by atoms with E-state index in [1.165, 1.54) is 6.07 Å². The molecular weight excluding hydrogens is 507 g/mol. The molecule has 0 fully saturated rings. The Balaban J connectivity index is 1.45. The molecule has 1 atom stereocenters. The number of carbonyl (C=O) groups excluding carboxylic acids is 2. The van der Waals surface area contributed by atoms with Gasteiger partial charge in [-0.25, -0.2) is 4.68 Å². The number of nitrogens with one attached hydrogen (secondary N) is 2. The molecule has 4 aromatic rings. The van der Waals surface area contributed by atoms with Crippen molar-refractivity contribution in [2.45, 2.75) is 25.6 Å². The van der Waals surface area contributed by atoms with E-state index in [0.29, 0.717) is 27.5 Å². The van der Waals surface area contributed by atoms with Crippen LogP contribution in [0.2, 0.25) is 5.02 Å². The predicted molar refractivity (Wildman–Crippen MR) is 132 cm³/mol. The topological polar surface area (TPSA) is 88.9 Å². The standard InChI is InChI=1S/C26H21ClF3N5O2/c1-16(17-5-7-18(8-6-17)25(37)33-20-9-11-31-12-10-20)24(36)32-15-22-14-23(26(28,29)30)34-35(22)21-4-2-3-19(27)13-21/h2-14,16H,15H2,1H3,(H,32,36)(H,31,33,37). The van der Waals surface area contributed by atoms with Gasteiger partial charge in [0.1, 0.15) is 0 Å². The number of halogens is 4. The van der Waals surface area contributed by atoms with Gasteiger partial charge in [-0.15, -0.1) is 0 Å². The maximum atomic E-state index is 13.3. The fourth-order valence-electron chi connectivity index (χ4n) is 3.56. The van der Waals surface area contributed by atoms with Gasteiger partial charge in [-0.1, -0.05) is 29.8 Å². The molecule has 0 radical (unpaired) electrons. The van der Waals surface area contributed by atoms with Crippen molar-refractivity contribution in [2.24, 2.45) is 0 Å². The molecule has 0 aliphatic heterocycles. The van der Waals surface area contributed by atoms with Crippen LogP contribution < -0.4 is 10.6 Å². The van der Waals surface area contributed by atoms with Crippen molar-refractivity contribution in [1.82, 2.24) is 20.1 Å². The highest BCUT2D eigenvalue weighted by molar-refractivity contribution is 6.30. The van der Waals surface area contributed by atoms with Crippen molar-refractivity contribution in [3.63, 3.8) is 0 Å². The predicted octanol–water partition coefficient (Wildman–Crippen LogP) is 5.61. The van der Waals surface area contributed by atoms with E-state index in [9.17, 15) is 22.8 Å². The zero-order valence-corrected chi connectivity index (χ0v) is 20.2. The lowest BCUT2D eigenvalue weighted by Gasteiger charge is -2.14. The first-order chi connectivity index (χ1) is 17.6. The summed E-state index contributed by atoms with van der Waals surface area (Å²) in [6, 6.07) is 17.0. The first-order valence-electron chi connectivity index (χ1n) is 11.1. The Labute approximate surface area is 215 Å². The molecule has 0 aliphatic rings. The van der Waals surface area contributed by atoms with Gasteiger partial charge in [0.05, 0.1) is 23.8 Å². The summed E-state index contributed by atoms with van der Waals surface area (Å²) in [5, 5.41) is 9.43. The van der Waals surface area contributed by atoms with Gasteiger partial charge >= 0.3 is 6.18 Å². The number of hydrogen-bond donors (Lipinski definition) is 2. The lowest BCUT2D eigenvalue weighted by molar-refractivity contribution is -0.141. The SMILES string of the molecule is CC(C(=O)NCc1cc(C(F)(F)F)nn1-c1cccc(Cl)c1)c1ccc(C(=O)Nc2ccncc2)cc1. The third kappa shape index (κ3) is 6.34. The number of anilines is 1. The Morgan fingerprint density at radius 3 is 2.38 bits per heavy atom. The van der Waals surface area contributed by atoms with Crippen LogP contribution in [0.25, 0.3) is 5.69 Å². The first kappa shape index (κ1) is 25.9. The van der Waals surface area contributed by atoms with Crippen LogP contribution in [0.3, 0.4) is 0 Å². The van der Waals surface area contributed by atoms with Gasteiger partial charge in [-0.05, 0) is 61.0 Å². The second-order valence-corrected chi connectivity index (χ2v) is 8.60. The van der Waals surface area contributed by atoms with Gasteiger partial charge in [-0.2, -0.15) is 18.3 Å². The van der Waals surface area contributed by atoms with Crippen molar-refractivity contribution in [3.05, 3.63) is 107 Å². The van der Waals surface area contributed by atoms with E-state index in [1.54, 1.807) is 73.9 Å². The molecule has 2 aromatic carbocycles. The number of pyridine rings is 1. The van der Waals surface area contributed by atoms with E-state index >= 15 is 0 Å². The summed E-state index contributed by atoms with van der Waals surface area (Å²) in [6.07, 6.45) is -1.53. The van der Waals surface area contributed by atoms with E-state index in [-0.39, 0.29) is 18.1 Å². The number of carbonyl (C=O) groups is 2. The number of aromatic nitrogens is 3. The lowest BCUT2D eigenvalue weighted by atomic mass is 9.99. The third-order valence-corrected chi connectivity index (χ3v) is 5.81. The summed E-state index contributed by atoms with van der Waals surface area (Å²) in [7, 11) is 0. The van der Waals surface area contributed by atoms with Crippen molar-refractivity contribution in [3.8, 4) is 5.69 Å². The van der Waals surface area contributed by atoms with Crippen molar-refractivity contribution >= 4 is 29.1 Å². The van der Waals surface area contributed by atoms with E-state index in [4.69, 9.17) is 11.6 Å². The van der Waals surface area contributed by atoms with E-state index < -0.39 is 23.7 Å². The summed E-state index contributed by atoms with van der Waals surface area (Å²) in [5.74, 6) is -1.34. The summed E-state index contributed by atoms with van der Waals surface area (Å²) < 4.78 is 41.1.